The summed E-state index contributed by atoms with van der Waals surface area (Å²) in [6.45, 7) is 1.71. The third-order valence-corrected chi connectivity index (χ3v) is 5.20. The van der Waals surface area contributed by atoms with Crippen molar-refractivity contribution in [2.45, 2.75) is 18.9 Å². The molecule has 4 N–H and O–H groups in total. The third-order valence-electron chi connectivity index (χ3n) is 4.90. The number of halogens is 1. The van der Waals surface area contributed by atoms with Crippen LogP contribution < -0.4 is 10.5 Å². The average molecular weight is 444 g/mol. The van der Waals surface area contributed by atoms with Crippen molar-refractivity contribution in [3.05, 3.63) is 53.2 Å². The molecule has 0 fully saturated rings. The zero-order valence-electron chi connectivity index (χ0n) is 16.8. The van der Waals surface area contributed by atoms with E-state index in [-0.39, 0.29) is 0 Å². The molecule has 0 saturated carbocycles. The minimum atomic E-state index is -1.36. The number of aliphatic hydroxyl groups is 2. The number of hydrogen-bond acceptors (Lipinski definition) is 8. The quantitative estimate of drug-likeness (QED) is 0.376. The van der Waals surface area contributed by atoms with Crippen molar-refractivity contribution in [2.75, 3.05) is 19.8 Å². The second kappa shape index (κ2) is 8.68. The van der Waals surface area contributed by atoms with E-state index in [4.69, 9.17) is 31.0 Å². The highest BCUT2D eigenvalue weighted by molar-refractivity contribution is 6.32. The van der Waals surface area contributed by atoms with Gasteiger partial charge in [0.1, 0.15) is 22.6 Å². The Balaban J connectivity index is 1.62. The molecule has 0 atom stereocenters. The molecule has 0 saturated heterocycles. The van der Waals surface area contributed by atoms with E-state index in [1.54, 1.807) is 30.3 Å². The summed E-state index contributed by atoms with van der Waals surface area (Å²) in [5, 5.41) is 24.3. The van der Waals surface area contributed by atoms with Crippen LogP contribution in [0.2, 0.25) is 5.02 Å². The molecule has 0 aliphatic heterocycles. The van der Waals surface area contributed by atoms with Crippen molar-refractivity contribution >= 4 is 22.6 Å². The standard InChI is InChI=1S/C22H22ClN3O5/c1-2-7-29-17-6-5-15(8-16(17)23)21-25-20(26-31-21)14-4-3-13-10-19(30-18(13)9-14)22(24,11-27)12-28/h3-6,8-10,27-28H,2,7,11-12,24H2,1H3. The molecule has 0 spiro atoms. The predicted molar refractivity (Wildman–Crippen MR) is 116 cm³/mol. The number of nitrogens with zero attached hydrogens (tertiary/aromatic N) is 2. The summed E-state index contributed by atoms with van der Waals surface area (Å²) >= 11 is 6.29. The highest BCUT2D eigenvalue weighted by atomic mass is 35.5. The molecular formula is C22H22ClN3O5. The molecular weight excluding hydrogens is 422 g/mol. The first-order valence-corrected chi connectivity index (χ1v) is 10.2. The number of hydrogen-bond donors (Lipinski definition) is 3. The highest BCUT2D eigenvalue weighted by Gasteiger charge is 2.30. The van der Waals surface area contributed by atoms with Crippen molar-refractivity contribution < 1.29 is 23.9 Å². The molecule has 9 heteroatoms. The predicted octanol–water partition coefficient (Wildman–Crippen LogP) is 3.73. The van der Waals surface area contributed by atoms with Crippen molar-refractivity contribution in [2.24, 2.45) is 5.73 Å². The molecule has 4 rings (SSSR count). The van der Waals surface area contributed by atoms with Gasteiger partial charge in [-0.1, -0.05) is 35.8 Å². The van der Waals surface area contributed by atoms with Gasteiger partial charge in [0.25, 0.3) is 5.89 Å². The molecule has 8 nitrogen and oxygen atoms in total. The highest BCUT2D eigenvalue weighted by Crippen LogP contribution is 2.32. The van der Waals surface area contributed by atoms with Crippen LogP contribution in [0.3, 0.4) is 0 Å². The maximum Gasteiger partial charge on any atom is 0.258 e. The van der Waals surface area contributed by atoms with Gasteiger partial charge in [-0.15, -0.1) is 0 Å². The first kappa shape index (κ1) is 21.3. The molecule has 2 aromatic heterocycles. The van der Waals surface area contributed by atoms with Crippen LogP contribution in [0.4, 0.5) is 0 Å². The van der Waals surface area contributed by atoms with E-state index in [0.29, 0.717) is 51.6 Å². The van der Waals surface area contributed by atoms with Gasteiger partial charge < -0.3 is 29.6 Å². The average Bonchev–Trinajstić information content (AvgIpc) is 3.45. The summed E-state index contributed by atoms with van der Waals surface area (Å²) in [5.41, 5.74) is 6.51. The van der Waals surface area contributed by atoms with Crippen LogP contribution in [0.15, 0.2) is 51.4 Å². The Bertz CT molecular complexity index is 1200. The van der Waals surface area contributed by atoms with Gasteiger partial charge >= 0.3 is 0 Å². The lowest BCUT2D eigenvalue weighted by Gasteiger charge is -2.21. The molecule has 4 aromatic rings. The van der Waals surface area contributed by atoms with E-state index >= 15 is 0 Å². The Hall–Kier alpha value is -2.91. The summed E-state index contributed by atoms with van der Waals surface area (Å²) in [6, 6.07) is 12.4. The van der Waals surface area contributed by atoms with Crippen LogP contribution in [-0.4, -0.2) is 40.2 Å². The van der Waals surface area contributed by atoms with E-state index in [0.717, 1.165) is 11.8 Å². The normalized spacial score (nSPS) is 11.9. The van der Waals surface area contributed by atoms with Gasteiger partial charge in [0.2, 0.25) is 5.82 Å². The van der Waals surface area contributed by atoms with Crippen LogP contribution in [0, 0.1) is 0 Å². The second-order valence-electron chi connectivity index (χ2n) is 7.25. The van der Waals surface area contributed by atoms with Crippen molar-refractivity contribution in [3.8, 4) is 28.6 Å². The van der Waals surface area contributed by atoms with Crippen LogP contribution >= 0.6 is 11.6 Å². The lowest BCUT2D eigenvalue weighted by atomic mass is 10.00. The molecule has 0 bridgehead atoms. The smallest absolute Gasteiger partial charge is 0.258 e. The number of benzene rings is 2. The van der Waals surface area contributed by atoms with E-state index in [2.05, 4.69) is 10.1 Å². The second-order valence-corrected chi connectivity index (χ2v) is 7.66. The van der Waals surface area contributed by atoms with E-state index < -0.39 is 18.8 Å². The minimum Gasteiger partial charge on any atom is -0.492 e. The van der Waals surface area contributed by atoms with Crippen molar-refractivity contribution in [1.82, 2.24) is 10.1 Å². The van der Waals surface area contributed by atoms with Gasteiger partial charge in [0.05, 0.1) is 24.8 Å². The van der Waals surface area contributed by atoms with Crippen LogP contribution in [0.25, 0.3) is 33.8 Å². The molecule has 31 heavy (non-hydrogen) atoms. The van der Waals surface area contributed by atoms with Crippen LogP contribution in [0.1, 0.15) is 19.1 Å². The molecule has 0 aliphatic rings. The fourth-order valence-corrected chi connectivity index (χ4v) is 3.28. The van der Waals surface area contributed by atoms with E-state index in [9.17, 15) is 10.2 Å². The monoisotopic (exact) mass is 443 g/mol. The van der Waals surface area contributed by atoms with E-state index in [1.165, 1.54) is 0 Å². The third kappa shape index (κ3) is 4.15. The Morgan fingerprint density at radius 1 is 1.10 bits per heavy atom. The number of rotatable bonds is 8. The summed E-state index contributed by atoms with van der Waals surface area (Å²) in [5.74, 6) is 1.59. The Morgan fingerprint density at radius 3 is 2.58 bits per heavy atom. The van der Waals surface area contributed by atoms with Crippen molar-refractivity contribution in [3.63, 3.8) is 0 Å². The fourth-order valence-electron chi connectivity index (χ4n) is 3.04. The number of fused-ring (bicyclic) bond motifs is 1. The fraction of sp³-hybridized carbons (Fsp3) is 0.273. The summed E-state index contributed by atoms with van der Waals surface area (Å²) < 4.78 is 16.8. The number of aromatic nitrogens is 2. The first-order valence-electron chi connectivity index (χ1n) is 9.79. The Kier molecular flexibility index (Phi) is 5.97. The van der Waals surface area contributed by atoms with Gasteiger partial charge in [-0.3, -0.25) is 0 Å². The maximum absolute atomic E-state index is 9.49. The summed E-state index contributed by atoms with van der Waals surface area (Å²) in [6.07, 6.45) is 0.888. The van der Waals surface area contributed by atoms with Gasteiger partial charge in [-0.2, -0.15) is 4.98 Å². The van der Waals surface area contributed by atoms with Gasteiger partial charge in [-0.25, -0.2) is 0 Å². The summed E-state index contributed by atoms with van der Waals surface area (Å²) in [4.78, 5) is 4.45. The molecule has 0 aliphatic carbocycles. The largest absolute Gasteiger partial charge is 0.492 e. The minimum absolute atomic E-state index is 0.290. The van der Waals surface area contributed by atoms with Crippen LogP contribution in [0.5, 0.6) is 5.75 Å². The molecule has 2 aromatic carbocycles. The molecule has 162 valence electrons. The topological polar surface area (TPSA) is 128 Å². The summed E-state index contributed by atoms with van der Waals surface area (Å²) in [7, 11) is 0. The lowest BCUT2D eigenvalue weighted by molar-refractivity contribution is 0.105. The Morgan fingerprint density at radius 2 is 1.87 bits per heavy atom. The van der Waals surface area contributed by atoms with Gasteiger partial charge in [-0.05, 0) is 36.8 Å². The molecule has 2 heterocycles. The zero-order chi connectivity index (χ0) is 22.0. The Labute approximate surface area is 183 Å². The van der Waals surface area contributed by atoms with Gasteiger partial charge in [0.15, 0.2) is 0 Å². The molecule has 0 radical (unpaired) electrons. The zero-order valence-corrected chi connectivity index (χ0v) is 17.6. The number of ether oxygens (including phenoxy) is 1. The maximum atomic E-state index is 9.49. The van der Waals surface area contributed by atoms with Crippen molar-refractivity contribution in [1.29, 1.82) is 0 Å². The lowest BCUT2D eigenvalue weighted by Crippen LogP contribution is -2.43. The number of nitrogens with two attached hydrogens (primary N) is 1. The first-order chi connectivity index (χ1) is 15.0. The van der Waals surface area contributed by atoms with Gasteiger partial charge in [0, 0.05) is 16.5 Å². The van der Waals surface area contributed by atoms with Crippen LogP contribution in [-0.2, 0) is 5.54 Å². The number of aliphatic hydroxyl groups excluding tert-OH is 2. The number of furan rings is 1. The SMILES string of the molecule is CCCOc1ccc(-c2nc(-c3ccc4cc(C(N)(CO)CO)oc4c3)no2)cc1Cl. The molecule has 0 unspecified atom stereocenters. The molecule has 0 amide bonds. The van der Waals surface area contributed by atoms with E-state index in [1.807, 2.05) is 19.1 Å².